The molecule has 1 fully saturated rings. The first-order chi connectivity index (χ1) is 14.1. The van der Waals surface area contributed by atoms with Crippen LogP contribution in [0.25, 0.3) is 0 Å². The number of amides is 2. The summed E-state index contributed by atoms with van der Waals surface area (Å²) in [5, 5.41) is 12.3. The van der Waals surface area contributed by atoms with Crippen LogP contribution in [0.5, 0.6) is 5.75 Å². The van der Waals surface area contributed by atoms with Crippen molar-refractivity contribution in [1.82, 2.24) is 10.2 Å². The van der Waals surface area contributed by atoms with Gasteiger partial charge in [-0.05, 0) is 18.2 Å². The Kier molecular flexibility index (Phi) is 5.53. The molecule has 0 radical (unpaired) electrons. The summed E-state index contributed by atoms with van der Waals surface area (Å²) in [6, 6.07) is 17.1. The molecule has 3 aromatic rings. The summed E-state index contributed by atoms with van der Waals surface area (Å²) in [7, 11) is 1.63. The van der Waals surface area contributed by atoms with E-state index in [4.69, 9.17) is 4.74 Å². The number of rotatable bonds is 6. The average molecular weight is 408 g/mol. The molecule has 1 unspecified atom stereocenters. The SMILES string of the molecule is COc1ccccc1Cc1nnc(NC(=O)C2CC(=O)N(c3ccccc3)C2)s1. The third-order valence-corrected chi connectivity index (χ3v) is 5.63. The fraction of sp³-hybridized carbons (Fsp3) is 0.238. The van der Waals surface area contributed by atoms with Gasteiger partial charge in [0.1, 0.15) is 10.8 Å². The van der Waals surface area contributed by atoms with E-state index in [-0.39, 0.29) is 18.2 Å². The Hall–Kier alpha value is -3.26. The topological polar surface area (TPSA) is 84.4 Å². The van der Waals surface area contributed by atoms with E-state index < -0.39 is 5.92 Å². The molecule has 0 bridgehead atoms. The minimum atomic E-state index is -0.413. The summed E-state index contributed by atoms with van der Waals surface area (Å²) in [5.41, 5.74) is 1.81. The van der Waals surface area contributed by atoms with Gasteiger partial charge in [0.2, 0.25) is 16.9 Å². The fourth-order valence-corrected chi connectivity index (χ4v) is 4.10. The van der Waals surface area contributed by atoms with Gasteiger partial charge in [-0.15, -0.1) is 10.2 Å². The van der Waals surface area contributed by atoms with Crippen molar-refractivity contribution in [3.8, 4) is 5.75 Å². The number of nitrogens with zero attached hydrogens (tertiary/aromatic N) is 3. The molecule has 0 spiro atoms. The van der Waals surface area contributed by atoms with Gasteiger partial charge in [-0.3, -0.25) is 9.59 Å². The van der Waals surface area contributed by atoms with Gasteiger partial charge in [0.15, 0.2) is 0 Å². The molecule has 0 saturated carbocycles. The van der Waals surface area contributed by atoms with E-state index in [2.05, 4.69) is 15.5 Å². The monoisotopic (exact) mass is 408 g/mol. The highest BCUT2D eigenvalue weighted by Gasteiger charge is 2.35. The van der Waals surface area contributed by atoms with Crippen LogP contribution in [0.4, 0.5) is 10.8 Å². The number of para-hydroxylation sites is 2. The maximum absolute atomic E-state index is 12.6. The number of hydrogen-bond acceptors (Lipinski definition) is 6. The van der Waals surface area contributed by atoms with E-state index in [0.717, 1.165) is 22.0 Å². The highest BCUT2D eigenvalue weighted by Crippen LogP contribution is 2.27. The molecule has 29 heavy (non-hydrogen) atoms. The molecule has 8 heteroatoms. The lowest BCUT2D eigenvalue weighted by Crippen LogP contribution is -2.28. The standard InChI is InChI=1S/C21H20N4O3S/c1-28-17-10-6-5-7-14(17)11-18-23-24-21(29-18)22-20(27)15-12-19(26)25(13-15)16-8-3-2-4-9-16/h2-10,15H,11-13H2,1H3,(H,22,24,27). The first kappa shape index (κ1) is 19.1. The lowest BCUT2D eigenvalue weighted by Gasteiger charge is -2.16. The Labute approximate surface area is 172 Å². The van der Waals surface area contributed by atoms with Crippen LogP contribution < -0.4 is 15.0 Å². The Morgan fingerprint density at radius 2 is 1.93 bits per heavy atom. The lowest BCUT2D eigenvalue weighted by atomic mass is 10.1. The Morgan fingerprint density at radius 1 is 1.17 bits per heavy atom. The van der Waals surface area contributed by atoms with Crippen molar-refractivity contribution in [1.29, 1.82) is 0 Å². The molecule has 4 rings (SSSR count). The zero-order valence-electron chi connectivity index (χ0n) is 15.9. The van der Waals surface area contributed by atoms with Crippen LogP contribution in [0, 0.1) is 5.92 Å². The maximum atomic E-state index is 12.6. The molecular weight excluding hydrogens is 388 g/mol. The molecule has 7 nitrogen and oxygen atoms in total. The highest BCUT2D eigenvalue weighted by molar-refractivity contribution is 7.15. The van der Waals surface area contributed by atoms with Gasteiger partial charge in [-0.25, -0.2) is 0 Å². The quantitative estimate of drug-likeness (QED) is 0.677. The molecule has 1 atom stereocenters. The molecular formula is C21H20N4O3S. The van der Waals surface area contributed by atoms with Crippen LogP contribution in [0.3, 0.4) is 0 Å². The van der Waals surface area contributed by atoms with Crippen LogP contribution in [0.1, 0.15) is 17.0 Å². The third kappa shape index (κ3) is 4.27. The van der Waals surface area contributed by atoms with E-state index in [1.54, 1.807) is 12.0 Å². The van der Waals surface area contributed by atoms with E-state index in [9.17, 15) is 9.59 Å². The molecule has 1 aliphatic rings. The molecule has 2 aromatic carbocycles. The summed E-state index contributed by atoms with van der Waals surface area (Å²) in [5.74, 6) is 0.116. The summed E-state index contributed by atoms with van der Waals surface area (Å²) in [6.07, 6.45) is 0.759. The van der Waals surface area contributed by atoms with Gasteiger partial charge in [-0.1, -0.05) is 47.7 Å². The van der Waals surface area contributed by atoms with E-state index in [0.29, 0.717) is 18.1 Å². The molecule has 148 valence electrons. The summed E-state index contributed by atoms with van der Waals surface area (Å²) in [4.78, 5) is 26.6. The number of anilines is 2. The molecule has 2 amide bonds. The number of hydrogen-bond donors (Lipinski definition) is 1. The Balaban J connectivity index is 1.39. The molecule has 1 N–H and O–H groups in total. The molecule has 2 heterocycles. The fourth-order valence-electron chi connectivity index (χ4n) is 3.34. The highest BCUT2D eigenvalue weighted by atomic mass is 32.1. The number of carbonyl (C=O) groups is 2. The second-order valence-corrected chi connectivity index (χ2v) is 7.78. The normalized spacial score (nSPS) is 16.1. The van der Waals surface area contributed by atoms with E-state index in [1.807, 2.05) is 54.6 Å². The average Bonchev–Trinajstić information content (AvgIpc) is 3.35. The molecule has 1 aliphatic heterocycles. The van der Waals surface area contributed by atoms with Crippen molar-refractivity contribution >= 4 is 34.0 Å². The van der Waals surface area contributed by atoms with Crippen LogP contribution in [-0.2, 0) is 16.0 Å². The van der Waals surface area contributed by atoms with Crippen molar-refractivity contribution < 1.29 is 14.3 Å². The van der Waals surface area contributed by atoms with Gasteiger partial charge in [0, 0.05) is 30.6 Å². The number of ether oxygens (including phenoxy) is 1. The first-order valence-corrected chi connectivity index (χ1v) is 10.1. The van der Waals surface area contributed by atoms with Crippen LogP contribution in [-0.4, -0.2) is 35.7 Å². The zero-order valence-corrected chi connectivity index (χ0v) is 16.7. The summed E-state index contributed by atoms with van der Waals surface area (Å²) in [6.45, 7) is 0.363. The summed E-state index contributed by atoms with van der Waals surface area (Å²) < 4.78 is 5.36. The number of aromatic nitrogens is 2. The summed E-state index contributed by atoms with van der Waals surface area (Å²) >= 11 is 1.32. The van der Waals surface area contributed by atoms with Gasteiger partial charge >= 0.3 is 0 Å². The van der Waals surface area contributed by atoms with Crippen molar-refractivity contribution in [3.63, 3.8) is 0 Å². The molecule has 0 aliphatic carbocycles. The predicted molar refractivity (Wildman–Crippen MR) is 111 cm³/mol. The zero-order chi connectivity index (χ0) is 20.2. The van der Waals surface area contributed by atoms with Gasteiger partial charge in [0.05, 0.1) is 13.0 Å². The minimum absolute atomic E-state index is 0.0505. The first-order valence-electron chi connectivity index (χ1n) is 9.24. The van der Waals surface area contributed by atoms with E-state index >= 15 is 0 Å². The van der Waals surface area contributed by atoms with Gasteiger partial charge in [-0.2, -0.15) is 0 Å². The predicted octanol–water partition coefficient (Wildman–Crippen LogP) is 3.13. The van der Waals surface area contributed by atoms with Crippen LogP contribution >= 0.6 is 11.3 Å². The number of methoxy groups -OCH3 is 1. The minimum Gasteiger partial charge on any atom is -0.496 e. The van der Waals surface area contributed by atoms with Crippen molar-refractivity contribution in [2.45, 2.75) is 12.8 Å². The van der Waals surface area contributed by atoms with Crippen LogP contribution in [0.15, 0.2) is 54.6 Å². The molecule has 1 saturated heterocycles. The smallest absolute Gasteiger partial charge is 0.231 e. The second-order valence-electron chi connectivity index (χ2n) is 6.72. The van der Waals surface area contributed by atoms with E-state index in [1.165, 1.54) is 11.3 Å². The Morgan fingerprint density at radius 3 is 2.72 bits per heavy atom. The number of benzene rings is 2. The second kappa shape index (κ2) is 8.40. The largest absolute Gasteiger partial charge is 0.496 e. The lowest BCUT2D eigenvalue weighted by molar-refractivity contribution is -0.122. The van der Waals surface area contributed by atoms with Crippen LogP contribution in [0.2, 0.25) is 0 Å². The maximum Gasteiger partial charge on any atom is 0.231 e. The van der Waals surface area contributed by atoms with Gasteiger partial charge in [0.25, 0.3) is 0 Å². The number of carbonyl (C=O) groups excluding carboxylic acids is 2. The van der Waals surface area contributed by atoms with Gasteiger partial charge < -0.3 is 15.0 Å². The molecule has 1 aromatic heterocycles. The number of nitrogens with one attached hydrogen (secondary N) is 1. The van der Waals surface area contributed by atoms with Crippen molar-refractivity contribution in [2.24, 2.45) is 5.92 Å². The van der Waals surface area contributed by atoms with Crippen molar-refractivity contribution in [3.05, 3.63) is 65.2 Å². The van der Waals surface area contributed by atoms with Crippen molar-refractivity contribution in [2.75, 3.05) is 23.9 Å². The Bertz CT molecular complexity index is 1020. The third-order valence-electron chi connectivity index (χ3n) is 4.79.